The molecule has 0 spiro atoms. The lowest BCUT2D eigenvalue weighted by molar-refractivity contribution is -0.794. The first-order valence-electron chi connectivity index (χ1n) is 9.26. The van der Waals surface area contributed by atoms with E-state index >= 15 is 0 Å². The van der Waals surface area contributed by atoms with Gasteiger partial charge in [0, 0.05) is 23.7 Å². The second-order valence-corrected chi connectivity index (χ2v) is 7.09. The van der Waals surface area contributed by atoms with E-state index in [2.05, 4.69) is 15.4 Å². The number of tetrazole rings is 1. The molecule has 1 N–H and O–H groups in total. The van der Waals surface area contributed by atoms with Crippen molar-refractivity contribution in [2.75, 3.05) is 13.1 Å². The van der Waals surface area contributed by atoms with Crippen molar-refractivity contribution >= 4 is 17.5 Å². The summed E-state index contributed by atoms with van der Waals surface area (Å²) in [5.41, 5.74) is 1.78. The van der Waals surface area contributed by atoms with Crippen LogP contribution < -0.4 is 9.53 Å². The van der Waals surface area contributed by atoms with Crippen LogP contribution in [0.3, 0.4) is 0 Å². The van der Waals surface area contributed by atoms with Crippen LogP contribution in [0.25, 0.3) is 11.4 Å². The fraction of sp³-hybridized carbons (Fsp3) is 0.300. The van der Waals surface area contributed by atoms with Crippen LogP contribution >= 0.6 is 11.6 Å². The van der Waals surface area contributed by atoms with Gasteiger partial charge in [0.05, 0.1) is 10.7 Å². The SMILES string of the molecule is O=C(C[n+]1nc(-c2ccc(OCc3ccccc3Cl)cc2)n[nH]1)N1CCCC1. The third kappa shape index (κ3) is 4.31. The number of carbonyl (C=O) groups excluding carboxylic acids is 1. The summed E-state index contributed by atoms with van der Waals surface area (Å²) in [6, 6.07) is 15.1. The molecule has 1 amide bonds. The Labute approximate surface area is 167 Å². The maximum Gasteiger partial charge on any atom is 0.338 e. The molecule has 4 rings (SSSR count). The van der Waals surface area contributed by atoms with Crippen molar-refractivity contribution in [2.45, 2.75) is 26.0 Å². The lowest BCUT2D eigenvalue weighted by Crippen LogP contribution is -2.47. The Bertz CT molecular complexity index is 951. The van der Waals surface area contributed by atoms with Crippen molar-refractivity contribution in [2.24, 2.45) is 0 Å². The predicted molar refractivity (Wildman–Crippen MR) is 104 cm³/mol. The van der Waals surface area contributed by atoms with Gasteiger partial charge in [-0.2, -0.15) is 0 Å². The van der Waals surface area contributed by atoms with Gasteiger partial charge in [0.15, 0.2) is 0 Å². The van der Waals surface area contributed by atoms with E-state index in [1.807, 2.05) is 53.4 Å². The summed E-state index contributed by atoms with van der Waals surface area (Å²) in [5, 5.41) is 12.0. The number of hydrogen-bond acceptors (Lipinski definition) is 4. The van der Waals surface area contributed by atoms with E-state index in [1.165, 1.54) is 4.80 Å². The van der Waals surface area contributed by atoms with Crippen molar-refractivity contribution < 1.29 is 14.3 Å². The molecule has 0 unspecified atom stereocenters. The zero-order chi connectivity index (χ0) is 19.3. The molecular formula is C20H21ClN5O2+. The number of aromatic amines is 1. The molecule has 28 heavy (non-hydrogen) atoms. The molecule has 1 aliphatic rings. The maximum atomic E-state index is 12.2. The lowest BCUT2D eigenvalue weighted by Gasteiger charge is -2.12. The maximum absolute atomic E-state index is 12.2. The van der Waals surface area contributed by atoms with Gasteiger partial charge in [0.25, 0.3) is 5.91 Å². The summed E-state index contributed by atoms with van der Waals surface area (Å²) in [6.45, 7) is 2.23. The highest BCUT2D eigenvalue weighted by atomic mass is 35.5. The minimum Gasteiger partial charge on any atom is -0.489 e. The van der Waals surface area contributed by atoms with Gasteiger partial charge in [0.2, 0.25) is 6.54 Å². The minimum absolute atomic E-state index is 0.0634. The van der Waals surface area contributed by atoms with Crippen molar-refractivity contribution in [3.63, 3.8) is 0 Å². The van der Waals surface area contributed by atoms with E-state index in [0.29, 0.717) is 17.5 Å². The Morgan fingerprint density at radius 3 is 2.64 bits per heavy atom. The smallest absolute Gasteiger partial charge is 0.338 e. The average Bonchev–Trinajstić information content (AvgIpc) is 3.40. The topological polar surface area (TPSA) is 75.0 Å². The quantitative estimate of drug-likeness (QED) is 0.648. The lowest BCUT2D eigenvalue weighted by atomic mass is 10.2. The van der Waals surface area contributed by atoms with E-state index in [9.17, 15) is 4.79 Å². The summed E-state index contributed by atoms with van der Waals surface area (Å²) in [5.74, 6) is 1.33. The fourth-order valence-corrected chi connectivity index (χ4v) is 3.32. The first-order valence-corrected chi connectivity index (χ1v) is 9.64. The number of likely N-dealkylation sites (tertiary alicyclic amines) is 1. The molecule has 1 aliphatic heterocycles. The number of H-pyrrole nitrogens is 1. The van der Waals surface area contributed by atoms with Gasteiger partial charge in [0.1, 0.15) is 12.4 Å². The van der Waals surface area contributed by atoms with Crippen LogP contribution in [-0.4, -0.2) is 39.3 Å². The Hall–Kier alpha value is -2.93. The fourth-order valence-electron chi connectivity index (χ4n) is 3.13. The number of nitrogens with zero attached hydrogens (tertiary/aromatic N) is 4. The largest absolute Gasteiger partial charge is 0.489 e. The van der Waals surface area contributed by atoms with Gasteiger partial charge in [-0.15, -0.1) is 0 Å². The molecule has 0 atom stereocenters. The highest BCUT2D eigenvalue weighted by Gasteiger charge is 2.22. The van der Waals surface area contributed by atoms with Crippen LogP contribution in [-0.2, 0) is 17.9 Å². The third-order valence-corrected chi connectivity index (χ3v) is 5.06. The van der Waals surface area contributed by atoms with Gasteiger partial charge in [-0.25, -0.2) is 0 Å². The number of nitrogens with one attached hydrogen (secondary N) is 1. The van der Waals surface area contributed by atoms with Crippen LogP contribution in [0.4, 0.5) is 0 Å². The van der Waals surface area contributed by atoms with Crippen molar-refractivity contribution in [1.82, 2.24) is 20.3 Å². The summed E-state index contributed by atoms with van der Waals surface area (Å²) in [7, 11) is 0. The molecule has 144 valence electrons. The van der Waals surface area contributed by atoms with Gasteiger partial charge in [-0.05, 0) is 53.5 Å². The molecule has 2 heterocycles. The molecule has 0 aliphatic carbocycles. The first kappa shape index (κ1) is 18.4. The summed E-state index contributed by atoms with van der Waals surface area (Å²) < 4.78 is 5.79. The van der Waals surface area contributed by atoms with Crippen LogP contribution in [0.5, 0.6) is 5.75 Å². The molecule has 8 heteroatoms. The Balaban J connectivity index is 1.36. The molecule has 3 aromatic rings. The average molecular weight is 399 g/mol. The first-order chi connectivity index (χ1) is 13.7. The molecule has 0 saturated carbocycles. The molecule has 1 saturated heterocycles. The van der Waals surface area contributed by atoms with E-state index in [0.717, 1.165) is 42.8 Å². The zero-order valence-electron chi connectivity index (χ0n) is 15.3. The standard InChI is InChI=1S/C20H20ClN5O2/c21-18-6-2-1-5-16(18)14-28-17-9-7-15(8-10-17)20-22-24-26(23-20)13-19(27)25-11-3-4-12-25/h1-2,5-10H,3-4,11-14H2/p+1. The Morgan fingerprint density at radius 1 is 1.14 bits per heavy atom. The van der Waals surface area contributed by atoms with Gasteiger partial charge < -0.3 is 9.64 Å². The molecule has 0 radical (unpaired) electrons. The number of amides is 1. The van der Waals surface area contributed by atoms with E-state index in [4.69, 9.17) is 16.3 Å². The van der Waals surface area contributed by atoms with Crippen LogP contribution in [0, 0.1) is 0 Å². The normalized spacial score (nSPS) is 13.7. The number of rotatable bonds is 6. The summed E-state index contributed by atoms with van der Waals surface area (Å²) in [4.78, 5) is 15.5. The number of aromatic nitrogens is 4. The van der Waals surface area contributed by atoms with E-state index in [1.54, 1.807) is 0 Å². The molecule has 1 aromatic heterocycles. The summed E-state index contributed by atoms with van der Waals surface area (Å²) in [6.07, 6.45) is 2.14. The molecule has 7 nitrogen and oxygen atoms in total. The third-order valence-electron chi connectivity index (χ3n) is 4.70. The van der Waals surface area contributed by atoms with Crippen LogP contribution in [0.2, 0.25) is 5.02 Å². The predicted octanol–water partition coefficient (Wildman–Crippen LogP) is 2.61. The van der Waals surface area contributed by atoms with Crippen molar-refractivity contribution in [3.05, 3.63) is 59.1 Å². The van der Waals surface area contributed by atoms with Crippen molar-refractivity contribution in [3.8, 4) is 17.1 Å². The van der Waals surface area contributed by atoms with Gasteiger partial charge in [-0.1, -0.05) is 34.6 Å². The Morgan fingerprint density at radius 2 is 1.89 bits per heavy atom. The zero-order valence-corrected chi connectivity index (χ0v) is 16.1. The summed E-state index contributed by atoms with van der Waals surface area (Å²) >= 11 is 6.15. The molecular weight excluding hydrogens is 378 g/mol. The Kier molecular flexibility index (Phi) is 5.53. The van der Waals surface area contributed by atoms with Crippen LogP contribution in [0.15, 0.2) is 48.5 Å². The molecule has 1 fully saturated rings. The number of ether oxygens (including phenoxy) is 1. The van der Waals surface area contributed by atoms with E-state index < -0.39 is 0 Å². The van der Waals surface area contributed by atoms with Gasteiger partial charge in [-0.3, -0.25) is 4.79 Å². The number of hydrogen-bond donors (Lipinski definition) is 1. The monoisotopic (exact) mass is 398 g/mol. The highest BCUT2D eigenvalue weighted by molar-refractivity contribution is 6.31. The van der Waals surface area contributed by atoms with Crippen LogP contribution in [0.1, 0.15) is 18.4 Å². The second-order valence-electron chi connectivity index (χ2n) is 6.69. The number of carbonyl (C=O) groups is 1. The van der Waals surface area contributed by atoms with Gasteiger partial charge >= 0.3 is 5.82 Å². The highest BCUT2D eigenvalue weighted by Crippen LogP contribution is 2.21. The number of halogens is 1. The minimum atomic E-state index is 0.0634. The molecule has 2 aromatic carbocycles. The molecule has 0 bridgehead atoms. The van der Waals surface area contributed by atoms with E-state index in [-0.39, 0.29) is 12.5 Å². The number of benzene rings is 2. The second kappa shape index (κ2) is 8.39. The van der Waals surface area contributed by atoms with Crippen molar-refractivity contribution in [1.29, 1.82) is 0 Å².